The van der Waals surface area contributed by atoms with Crippen LogP contribution >= 0.6 is 48.3 Å². The molecule has 0 aromatic heterocycles. The van der Waals surface area contributed by atoms with Crippen LogP contribution < -0.4 is 5.32 Å². The van der Waals surface area contributed by atoms with Crippen LogP contribution in [0.4, 0.5) is 0 Å². The van der Waals surface area contributed by atoms with Crippen molar-refractivity contribution in [3.63, 3.8) is 0 Å². The molecule has 0 saturated carbocycles. The van der Waals surface area contributed by atoms with Gasteiger partial charge in [-0.15, -0.1) is 24.8 Å². The number of nitrogens with one attached hydrogen (secondary N) is 1. The predicted molar refractivity (Wildman–Crippen MR) is 196 cm³/mol. The topological polar surface area (TPSA) is 52.6 Å². The van der Waals surface area contributed by atoms with E-state index in [1.165, 1.54) is 40.0 Å². The summed E-state index contributed by atoms with van der Waals surface area (Å²) in [7, 11) is 2.12. The lowest BCUT2D eigenvalue weighted by atomic mass is 9.84. The highest BCUT2D eigenvalue weighted by atomic mass is 35.5. The number of piperidine rings is 2. The van der Waals surface area contributed by atoms with E-state index in [2.05, 4.69) is 108 Å². The molecule has 6 rings (SSSR count). The maximum absolute atomic E-state index is 11.1. The van der Waals surface area contributed by atoms with Crippen LogP contribution in [0.3, 0.4) is 0 Å². The van der Waals surface area contributed by atoms with Gasteiger partial charge in [-0.25, -0.2) is 0 Å². The van der Waals surface area contributed by atoms with Crippen molar-refractivity contribution < 1.29 is 9.90 Å². The second-order valence-corrected chi connectivity index (χ2v) is 13.2. The Morgan fingerprint density at radius 3 is 1.73 bits per heavy atom. The van der Waals surface area contributed by atoms with Crippen LogP contribution in [0, 0.1) is 0 Å². The van der Waals surface area contributed by atoms with Crippen molar-refractivity contribution in [1.29, 1.82) is 0 Å². The molecule has 0 bridgehead atoms. The highest BCUT2D eigenvalue weighted by Crippen LogP contribution is 2.40. The Hall–Kier alpha value is -2.29. The Morgan fingerprint density at radius 2 is 1.18 bits per heavy atom. The van der Waals surface area contributed by atoms with Crippen molar-refractivity contribution in [3.05, 3.63) is 120 Å². The first kappa shape index (κ1) is 38.9. The molecule has 242 valence electrons. The van der Waals surface area contributed by atoms with E-state index < -0.39 is 5.60 Å². The number of nitrogens with zero attached hydrogens (tertiary/aromatic N) is 1. The molecule has 4 aromatic carbocycles. The van der Waals surface area contributed by atoms with E-state index in [-0.39, 0.29) is 24.8 Å². The second-order valence-electron chi connectivity index (χ2n) is 11.0. The highest BCUT2D eigenvalue weighted by molar-refractivity contribution is 7.99. The number of likely N-dealkylation sites (tertiary alicyclic amines) is 1. The quantitative estimate of drug-likeness (QED) is 0.198. The molecular weight excluding hydrogens is 639 g/mol. The molecule has 2 aliphatic heterocycles. The van der Waals surface area contributed by atoms with E-state index >= 15 is 0 Å². The molecule has 2 N–H and O–H groups in total. The molecule has 0 amide bonds. The van der Waals surface area contributed by atoms with Gasteiger partial charge in [0.15, 0.2) is 0 Å². The van der Waals surface area contributed by atoms with Crippen LogP contribution in [0.25, 0.3) is 0 Å². The number of aldehydes is 1. The molecular formula is C37H46Cl2N2O2S2. The molecule has 4 aromatic rings. The number of benzene rings is 4. The Labute approximate surface area is 290 Å². The lowest BCUT2D eigenvalue weighted by molar-refractivity contribution is -0.106. The van der Waals surface area contributed by atoms with Crippen LogP contribution in [0.5, 0.6) is 0 Å². The van der Waals surface area contributed by atoms with Gasteiger partial charge in [0.1, 0.15) is 6.29 Å². The average molecular weight is 686 g/mol. The molecule has 0 spiro atoms. The zero-order valence-electron chi connectivity index (χ0n) is 26.1. The number of carbonyl (C=O) groups excluding carboxylic acids is 1. The number of rotatable bonds is 6. The van der Waals surface area contributed by atoms with Gasteiger partial charge in [-0.05, 0) is 106 Å². The Kier molecular flexibility index (Phi) is 17.9. The van der Waals surface area contributed by atoms with Gasteiger partial charge < -0.3 is 20.1 Å². The van der Waals surface area contributed by atoms with Gasteiger partial charge in [-0.2, -0.15) is 0 Å². The van der Waals surface area contributed by atoms with E-state index in [0.717, 1.165) is 55.8 Å². The van der Waals surface area contributed by atoms with Gasteiger partial charge in [0.25, 0.3) is 0 Å². The molecule has 8 heteroatoms. The fourth-order valence-electron chi connectivity index (χ4n) is 5.47. The monoisotopic (exact) mass is 684 g/mol. The van der Waals surface area contributed by atoms with Gasteiger partial charge in [0.05, 0.1) is 5.60 Å². The minimum absolute atomic E-state index is 0. The van der Waals surface area contributed by atoms with E-state index in [9.17, 15) is 5.11 Å². The lowest BCUT2D eigenvalue weighted by Gasteiger charge is -2.37. The van der Waals surface area contributed by atoms with Crippen molar-refractivity contribution in [3.8, 4) is 0 Å². The van der Waals surface area contributed by atoms with Crippen LogP contribution in [0.2, 0.25) is 0 Å². The minimum atomic E-state index is -0.690. The molecule has 0 aliphatic carbocycles. The van der Waals surface area contributed by atoms with E-state index in [0.29, 0.717) is 5.92 Å². The first-order valence-corrected chi connectivity index (χ1v) is 16.8. The maximum Gasteiger partial charge on any atom is 0.116 e. The first-order valence-electron chi connectivity index (χ1n) is 15.2. The summed E-state index contributed by atoms with van der Waals surface area (Å²) in [6, 6.07) is 38.2. The molecule has 2 saturated heterocycles. The second kappa shape index (κ2) is 20.8. The number of hydrogen-bond donors (Lipinski definition) is 2. The molecule has 2 aliphatic rings. The Bertz CT molecular complexity index is 1380. The lowest BCUT2D eigenvalue weighted by Crippen LogP contribution is -2.41. The molecule has 0 unspecified atom stereocenters. The normalized spacial score (nSPS) is 15.9. The predicted octanol–water partition coefficient (Wildman–Crippen LogP) is 9.10. The number of aliphatic hydroxyl groups is 1. The standard InChI is InChI=1S/C18H21NOS.C17H19NS.C2H4O.2ClH/c1-19-13-11-18(20,12-14-19)16-9-5-6-10-17(16)21-15-7-3-2-4-8-15;1-2-6-15(7-3-1)19-17-9-5-4-8-16(17)14-10-12-18-13-11-14;1-2-3;;/h2-10,20H,11-14H2,1H3;1-9,14,18H,10-13H2;2H,1H3;2*1H. The Balaban J connectivity index is 0.000000278. The molecule has 2 heterocycles. The van der Waals surface area contributed by atoms with Crippen LogP contribution in [0.15, 0.2) is 129 Å². The fraction of sp³-hybridized carbons (Fsp3) is 0.324. The molecule has 2 fully saturated rings. The first-order chi connectivity index (χ1) is 21.0. The van der Waals surface area contributed by atoms with Crippen molar-refractivity contribution in [1.82, 2.24) is 10.2 Å². The molecule has 4 nitrogen and oxygen atoms in total. The number of halogens is 2. The summed E-state index contributed by atoms with van der Waals surface area (Å²) in [5.74, 6) is 0.716. The summed E-state index contributed by atoms with van der Waals surface area (Å²) >= 11 is 3.62. The summed E-state index contributed by atoms with van der Waals surface area (Å²) in [6.45, 7) is 5.63. The third kappa shape index (κ3) is 12.1. The molecule has 0 atom stereocenters. The molecule has 0 radical (unpaired) electrons. The van der Waals surface area contributed by atoms with Gasteiger partial charge >= 0.3 is 0 Å². The zero-order chi connectivity index (χ0) is 30.3. The third-order valence-electron chi connectivity index (χ3n) is 7.84. The van der Waals surface area contributed by atoms with Crippen molar-refractivity contribution in [2.45, 2.75) is 63.7 Å². The highest BCUT2D eigenvalue weighted by Gasteiger charge is 2.34. The summed E-state index contributed by atoms with van der Waals surface area (Å²) in [6.07, 6.45) is 4.87. The zero-order valence-corrected chi connectivity index (χ0v) is 29.4. The van der Waals surface area contributed by atoms with Gasteiger partial charge in [0.2, 0.25) is 0 Å². The number of carbonyl (C=O) groups is 1. The van der Waals surface area contributed by atoms with Crippen molar-refractivity contribution in [2.75, 3.05) is 33.2 Å². The van der Waals surface area contributed by atoms with Crippen LogP contribution in [-0.4, -0.2) is 49.5 Å². The van der Waals surface area contributed by atoms with E-state index in [1.807, 2.05) is 30.0 Å². The van der Waals surface area contributed by atoms with E-state index in [4.69, 9.17) is 4.79 Å². The van der Waals surface area contributed by atoms with Gasteiger partial charge in [0, 0.05) is 32.7 Å². The Morgan fingerprint density at radius 1 is 0.733 bits per heavy atom. The van der Waals surface area contributed by atoms with Gasteiger partial charge in [-0.3, -0.25) is 0 Å². The third-order valence-corrected chi connectivity index (χ3v) is 10.0. The summed E-state index contributed by atoms with van der Waals surface area (Å²) < 4.78 is 0. The molecule has 45 heavy (non-hydrogen) atoms. The SMILES string of the molecule is CC=O.CN1CCC(O)(c2ccccc2Sc2ccccc2)CC1.Cl.Cl.c1ccc(Sc2ccccc2C2CCNCC2)cc1. The summed E-state index contributed by atoms with van der Waals surface area (Å²) in [5.41, 5.74) is 1.91. The minimum Gasteiger partial charge on any atom is -0.385 e. The van der Waals surface area contributed by atoms with E-state index in [1.54, 1.807) is 11.8 Å². The maximum atomic E-state index is 11.1. The van der Waals surface area contributed by atoms with Crippen LogP contribution in [0.1, 0.15) is 49.7 Å². The number of hydrogen-bond acceptors (Lipinski definition) is 6. The van der Waals surface area contributed by atoms with Crippen molar-refractivity contribution >= 4 is 54.6 Å². The van der Waals surface area contributed by atoms with Crippen molar-refractivity contribution in [2.24, 2.45) is 0 Å². The summed E-state index contributed by atoms with van der Waals surface area (Å²) in [5, 5.41) is 14.5. The largest absolute Gasteiger partial charge is 0.385 e. The fourth-order valence-corrected chi connectivity index (χ4v) is 7.58. The smallest absolute Gasteiger partial charge is 0.116 e. The van der Waals surface area contributed by atoms with Crippen LogP contribution in [-0.2, 0) is 10.4 Å². The van der Waals surface area contributed by atoms with Gasteiger partial charge in [-0.1, -0.05) is 96.3 Å². The summed E-state index contributed by atoms with van der Waals surface area (Å²) in [4.78, 5) is 16.2. The average Bonchev–Trinajstić information content (AvgIpc) is 3.05.